The number of aromatic amines is 1. The second-order valence-corrected chi connectivity index (χ2v) is 4.97. The van der Waals surface area contributed by atoms with Crippen LogP contribution in [0.1, 0.15) is 17.7 Å². The molecule has 0 radical (unpaired) electrons. The van der Waals surface area contributed by atoms with Gasteiger partial charge in [0.15, 0.2) is 5.82 Å². The fraction of sp³-hybridized carbons (Fsp3) is 0.250. The fourth-order valence-corrected chi connectivity index (χ4v) is 2.31. The summed E-state index contributed by atoms with van der Waals surface area (Å²) in [6.07, 6.45) is 4.44. The van der Waals surface area contributed by atoms with Gasteiger partial charge in [-0.15, -0.1) is 0 Å². The molecule has 0 aromatic carbocycles. The van der Waals surface area contributed by atoms with Crippen molar-refractivity contribution < 1.29 is 0 Å². The lowest BCUT2D eigenvalue weighted by Gasteiger charge is -2.03. The molecule has 0 unspecified atom stereocenters. The van der Waals surface area contributed by atoms with Gasteiger partial charge in [-0.05, 0) is 47.3 Å². The maximum Gasteiger partial charge on any atom is 0.254 e. The Kier molecular flexibility index (Phi) is 2.55. The first-order chi connectivity index (χ1) is 8.24. The molecule has 0 amide bonds. The summed E-state index contributed by atoms with van der Waals surface area (Å²) in [5.41, 5.74) is 2.44. The van der Waals surface area contributed by atoms with Gasteiger partial charge in [-0.25, -0.2) is 4.98 Å². The molecule has 0 saturated heterocycles. The lowest BCUT2D eigenvalue weighted by Crippen LogP contribution is -2.15. The Morgan fingerprint density at radius 1 is 1.29 bits per heavy atom. The van der Waals surface area contributed by atoms with Crippen molar-refractivity contribution in [1.82, 2.24) is 15.0 Å². The molecule has 4 nitrogen and oxygen atoms in total. The molecule has 2 aromatic rings. The summed E-state index contributed by atoms with van der Waals surface area (Å²) in [7, 11) is 0. The van der Waals surface area contributed by atoms with E-state index in [1.807, 2.05) is 12.1 Å². The number of aryl methyl sites for hydroxylation is 1. The van der Waals surface area contributed by atoms with Crippen molar-refractivity contribution in [1.29, 1.82) is 0 Å². The van der Waals surface area contributed by atoms with Crippen LogP contribution in [0.2, 0.25) is 0 Å². The average molecular weight is 292 g/mol. The molecule has 1 aliphatic rings. The van der Waals surface area contributed by atoms with E-state index in [-0.39, 0.29) is 5.56 Å². The smallest absolute Gasteiger partial charge is 0.254 e. The van der Waals surface area contributed by atoms with Crippen LogP contribution in [0.3, 0.4) is 0 Å². The van der Waals surface area contributed by atoms with E-state index in [0.717, 1.165) is 35.0 Å². The van der Waals surface area contributed by atoms with E-state index in [9.17, 15) is 4.79 Å². The standard InChI is InChI=1S/C12H10BrN3O/c13-7-4-5-10(14-6-7)11-15-9-3-1-2-8(9)12(17)16-11/h4-6H,1-3H2,(H,15,16,17). The summed E-state index contributed by atoms with van der Waals surface area (Å²) in [6.45, 7) is 0. The van der Waals surface area contributed by atoms with E-state index in [1.165, 1.54) is 0 Å². The zero-order chi connectivity index (χ0) is 11.8. The zero-order valence-corrected chi connectivity index (χ0v) is 10.6. The molecule has 0 fully saturated rings. The van der Waals surface area contributed by atoms with Gasteiger partial charge in [-0.2, -0.15) is 0 Å². The normalized spacial score (nSPS) is 13.7. The minimum Gasteiger partial charge on any atom is -0.305 e. The third kappa shape index (κ3) is 1.91. The number of rotatable bonds is 1. The number of nitrogens with zero attached hydrogens (tertiary/aromatic N) is 2. The lowest BCUT2D eigenvalue weighted by molar-refractivity contribution is 0.899. The predicted molar refractivity (Wildman–Crippen MR) is 67.8 cm³/mol. The third-order valence-corrected chi connectivity index (χ3v) is 3.38. The van der Waals surface area contributed by atoms with Gasteiger partial charge < -0.3 is 4.98 Å². The van der Waals surface area contributed by atoms with Crippen LogP contribution in [0.25, 0.3) is 11.5 Å². The number of pyridine rings is 1. The third-order valence-electron chi connectivity index (χ3n) is 2.91. The molecule has 1 N–H and O–H groups in total. The first kappa shape index (κ1) is 10.7. The van der Waals surface area contributed by atoms with Crippen molar-refractivity contribution in [3.63, 3.8) is 0 Å². The van der Waals surface area contributed by atoms with E-state index < -0.39 is 0 Å². The summed E-state index contributed by atoms with van der Waals surface area (Å²) in [6, 6.07) is 3.72. The van der Waals surface area contributed by atoms with Crippen LogP contribution >= 0.6 is 15.9 Å². The number of hydrogen-bond acceptors (Lipinski definition) is 3. The fourth-order valence-electron chi connectivity index (χ4n) is 2.08. The first-order valence-electron chi connectivity index (χ1n) is 5.48. The number of hydrogen-bond donors (Lipinski definition) is 1. The Hall–Kier alpha value is -1.49. The van der Waals surface area contributed by atoms with Crippen LogP contribution in [0.4, 0.5) is 0 Å². The Balaban J connectivity index is 2.13. The van der Waals surface area contributed by atoms with Crippen molar-refractivity contribution in [3.05, 3.63) is 44.4 Å². The molecule has 5 heteroatoms. The Labute approximate surface area is 106 Å². The molecule has 2 aromatic heterocycles. The highest BCUT2D eigenvalue weighted by atomic mass is 79.9. The highest BCUT2D eigenvalue weighted by molar-refractivity contribution is 9.10. The summed E-state index contributed by atoms with van der Waals surface area (Å²) < 4.78 is 0.907. The van der Waals surface area contributed by atoms with Crippen molar-refractivity contribution in [3.8, 4) is 11.5 Å². The molecule has 86 valence electrons. The lowest BCUT2D eigenvalue weighted by atomic mass is 10.2. The summed E-state index contributed by atoms with van der Waals surface area (Å²) in [5, 5.41) is 0. The van der Waals surface area contributed by atoms with E-state index in [1.54, 1.807) is 6.20 Å². The van der Waals surface area contributed by atoms with Gasteiger partial charge in [-0.1, -0.05) is 0 Å². The summed E-state index contributed by atoms with van der Waals surface area (Å²) in [5.74, 6) is 0.558. The summed E-state index contributed by atoms with van der Waals surface area (Å²) in [4.78, 5) is 23.4. The van der Waals surface area contributed by atoms with Gasteiger partial charge in [0.05, 0.1) is 5.69 Å². The molecule has 17 heavy (non-hydrogen) atoms. The number of aromatic nitrogens is 3. The van der Waals surface area contributed by atoms with E-state index in [4.69, 9.17) is 0 Å². The summed E-state index contributed by atoms with van der Waals surface area (Å²) >= 11 is 3.33. The van der Waals surface area contributed by atoms with Crippen LogP contribution in [0.15, 0.2) is 27.6 Å². The highest BCUT2D eigenvalue weighted by Gasteiger charge is 2.17. The van der Waals surface area contributed by atoms with Crippen LogP contribution in [0.5, 0.6) is 0 Å². The molecule has 0 spiro atoms. The van der Waals surface area contributed by atoms with E-state index in [0.29, 0.717) is 11.5 Å². The number of nitrogens with one attached hydrogen (secondary N) is 1. The zero-order valence-electron chi connectivity index (χ0n) is 9.03. The monoisotopic (exact) mass is 291 g/mol. The quantitative estimate of drug-likeness (QED) is 0.875. The van der Waals surface area contributed by atoms with Crippen molar-refractivity contribution in [2.75, 3.05) is 0 Å². The van der Waals surface area contributed by atoms with Crippen molar-refractivity contribution >= 4 is 15.9 Å². The second-order valence-electron chi connectivity index (χ2n) is 4.05. The predicted octanol–water partition coefficient (Wildman–Crippen LogP) is 2.08. The maximum atomic E-state index is 11.8. The van der Waals surface area contributed by atoms with E-state index in [2.05, 4.69) is 30.9 Å². The van der Waals surface area contributed by atoms with Crippen LogP contribution in [-0.4, -0.2) is 15.0 Å². The number of halogens is 1. The van der Waals surface area contributed by atoms with Gasteiger partial charge in [-0.3, -0.25) is 9.78 Å². The molecule has 2 heterocycles. The number of H-pyrrole nitrogens is 1. The topological polar surface area (TPSA) is 58.6 Å². The minimum absolute atomic E-state index is 0.0211. The number of fused-ring (bicyclic) bond motifs is 1. The maximum absolute atomic E-state index is 11.8. The molecular formula is C12H10BrN3O. The molecule has 0 saturated carbocycles. The molecule has 0 bridgehead atoms. The molecular weight excluding hydrogens is 282 g/mol. The molecule has 1 aliphatic carbocycles. The van der Waals surface area contributed by atoms with Crippen LogP contribution in [-0.2, 0) is 12.8 Å². The largest absolute Gasteiger partial charge is 0.305 e. The molecule has 3 rings (SSSR count). The minimum atomic E-state index is -0.0211. The Morgan fingerprint density at radius 2 is 2.18 bits per heavy atom. The highest BCUT2D eigenvalue weighted by Crippen LogP contribution is 2.19. The van der Waals surface area contributed by atoms with Gasteiger partial charge in [0, 0.05) is 16.2 Å². The molecule has 0 aliphatic heterocycles. The Morgan fingerprint density at radius 3 is 2.94 bits per heavy atom. The van der Waals surface area contributed by atoms with Gasteiger partial charge in [0.1, 0.15) is 5.69 Å². The Bertz CT molecular complexity index is 619. The van der Waals surface area contributed by atoms with Crippen LogP contribution < -0.4 is 5.56 Å². The SMILES string of the molecule is O=c1[nH]c(-c2ccc(Br)cn2)nc2c1CCC2. The average Bonchev–Trinajstić information content (AvgIpc) is 2.78. The van der Waals surface area contributed by atoms with Crippen molar-refractivity contribution in [2.45, 2.75) is 19.3 Å². The van der Waals surface area contributed by atoms with Gasteiger partial charge in [0.25, 0.3) is 5.56 Å². The first-order valence-corrected chi connectivity index (χ1v) is 6.27. The van der Waals surface area contributed by atoms with Crippen molar-refractivity contribution in [2.24, 2.45) is 0 Å². The van der Waals surface area contributed by atoms with Gasteiger partial charge >= 0.3 is 0 Å². The van der Waals surface area contributed by atoms with Gasteiger partial charge in [0.2, 0.25) is 0 Å². The second kappa shape index (κ2) is 4.07. The molecule has 0 atom stereocenters. The van der Waals surface area contributed by atoms with Crippen LogP contribution in [0, 0.1) is 0 Å². The van der Waals surface area contributed by atoms with E-state index >= 15 is 0 Å².